The number of aryl methyl sites for hydroxylation is 3. The zero-order chi connectivity index (χ0) is 13.1. The van der Waals surface area contributed by atoms with E-state index in [1.807, 2.05) is 0 Å². The summed E-state index contributed by atoms with van der Waals surface area (Å²) in [4.78, 5) is 0. The van der Waals surface area contributed by atoms with Gasteiger partial charge in [-0.3, -0.25) is 0 Å². The van der Waals surface area contributed by atoms with Crippen molar-refractivity contribution < 1.29 is 0 Å². The lowest BCUT2D eigenvalue weighted by Crippen LogP contribution is -2.04. The number of rotatable bonds is 3. The Morgan fingerprint density at radius 3 is 2.11 bits per heavy atom. The Hall–Kier alpha value is -1.28. The third-order valence-corrected chi connectivity index (χ3v) is 4.34. The van der Waals surface area contributed by atoms with Gasteiger partial charge in [-0.1, -0.05) is 30.3 Å². The first kappa shape index (κ1) is 13.2. The summed E-state index contributed by atoms with van der Waals surface area (Å²) in [5.74, 6) is 0. The highest BCUT2D eigenvalue weighted by molar-refractivity contribution is 9.10. The minimum absolute atomic E-state index is 0.862. The molecule has 2 aromatic rings. The van der Waals surface area contributed by atoms with Crippen molar-refractivity contribution in [3.05, 3.63) is 63.1 Å². The van der Waals surface area contributed by atoms with Gasteiger partial charge in [0.05, 0.1) is 0 Å². The maximum Gasteiger partial charge on any atom is 0.0490 e. The molecule has 0 saturated heterocycles. The van der Waals surface area contributed by atoms with Gasteiger partial charge in [-0.15, -0.1) is 0 Å². The van der Waals surface area contributed by atoms with Crippen LogP contribution in [0.1, 0.15) is 22.3 Å². The molecule has 0 unspecified atom stereocenters. The monoisotopic (exact) mass is 303 g/mol. The second-order valence-electron chi connectivity index (χ2n) is 4.66. The van der Waals surface area contributed by atoms with Crippen molar-refractivity contribution in [1.82, 2.24) is 0 Å². The molecule has 0 aliphatic carbocycles. The lowest BCUT2D eigenvalue weighted by molar-refractivity contribution is 1.09. The summed E-state index contributed by atoms with van der Waals surface area (Å²) in [6, 6.07) is 12.7. The maximum atomic E-state index is 3.63. The van der Waals surface area contributed by atoms with E-state index in [2.05, 4.69) is 78.4 Å². The SMILES string of the molecule is Cc1cccc(NCc2c(C)cccc2C)c1Br. The summed E-state index contributed by atoms with van der Waals surface area (Å²) in [5, 5.41) is 3.50. The van der Waals surface area contributed by atoms with E-state index in [0.29, 0.717) is 0 Å². The number of hydrogen-bond donors (Lipinski definition) is 1. The van der Waals surface area contributed by atoms with Gasteiger partial charge in [0.1, 0.15) is 0 Å². The minimum Gasteiger partial charge on any atom is -0.380 e. The summed E-state index contributed by atoms with van der Waals surface area (Å²) in [5.41, 5.74) is 6.46. The Kier molecular flexibility index (Phi) is 4.07. The van der Waals surface area contributed by atoms with Crippen molar-refractivity contribution in [2.24, 2.45) is 0 Å². The third-order valence-electron chi connectivity index (χ3n) is 3.29. The van der Waals surface area contributed by atoms with Crippen LogP contribution in [0, 0.1) is 20.8 Å². The smallest absolute Gasteiger partial charge is 0.0490 e. The number of anilines is 1. The second-order valence-corrected chi connectivity index (χ2v) is 5.45. The van der Waals surface area contributed by atoms with Crippen LogP contribution < -0.4 is 5.32 Å². The fraction of sp³-hybridized carbons (Fsp3) is 0.250. The van der Waals surface area contributed by atoms with Crippen molar-refractivity contribution in [2.45, 2.75) is 27.3 Å². The molecule has 18 heavy (non-hydrogen) atoms. The van der Waals surface area contributed by atoms with Crippen molar-refractivity contribution in [3.63, 3.8) is 0 Å². The Morgan fingerprint density at radius 1 is 0.889 bits per heavy atom. The van der Waals surface area contributed by atoms with Crippen molar-refractivity contribution >= 4 is 21.6 Å². The van der Waals surface area contributed by atoms with E-state index in [1.54, 1.807) is 0 Å². The van der Waals surface area contributed by atoms with Gasteiger partial charge in [0.25, 0.3) is 0 Å². The highest BCUT2D eigenvalue weighted by atomic mass is 79.9. The van der Waals surface area contributed by atoms with Crippen molar-refractivity contribution in [2.75, 3.05) is 5.32 Å². The van der Waals surface area contributed by atoms with Crippen LogP contribution in [0.15, 0.2) is 40.9 Å². The van der Waals surface area contributed by atoms with Gasteiger partial charge in [-0.2, -0.15) is 0 Å². The molecule has 1 N–H and O–H groups in total. The Labute approximate surface area is 117 Å². The number of benzene rings is 2. The molecule has 0 radical (unpaired) electrons. The zero-order valence-electron chi connectivity index (χ0n) is 11.0. The van der Waals surface area contributed by atoms with Gasteiger partial charge in [-0.25, -0.2) is 0 Å². The first-order valence-corrected chi connectivity index (χ1v) is 6.93. The Bertz CT molecular complexity index is 541. The largest absolute Gasteiger partial charge is 0.380 e. The fourth-order valence-corrected chi connectivity index (χ4v) is 2.50. The quantitative estimate of drug-likeness (QED) is 0.842. The lowest BCUT2D eigenvalue weighted by Gasteiger charge is -2.13. The summed E-state index contributed by atoms with van der Waals surface area (Å²) in [6.07, 6.45) is 0. The van der Waals surface area contributed by atoms with Gasteiger partial charge < -0.3 is 5.32 Å². The van der Waals surface area contributed by atoms with Crippen LogP contribution >= 0.6 is 15.9 Å². The number of nitrogens with one attached hydrogen (secondary N) is 1. The standard InChI is InChI=1S/C16H18BrN/c1-11-6-4-7-12(2)14(11)10-18-15-9-5-8-13(3)16(15)17/h4-9,18H,10H2,1-3H3. The predicted octanol–water partition coefficient (Wildman–Crippen LogP) is 4.99. The fourth-order valence-electron chi connectivity index (χ4n) is 2.10. The molecular weight excluding hydrogens is 286 g/mol. The van der Waals surface area contributed by atoms with Crippen LogP contribution in [0.2, 0.25) is 0 Å². The molecule has 2 rings (SSSR count). The zero-order valence-corrected chi connectivity index (χ0v) is 12.6. The van der Waals surface area contributed by atoms with E-state index >= 15 is 0 Å². The highest BCUT2D eigenvalue weighted by Gasteiger charge is 2.04. The molecule has 2 heteroatoms. The molecule has 0 fully saturated rings. The maximum absolute atomic E-state index is 3.63. The summed E-state index contributed by atoms with van der Waals surface area (Å²) in [6.45, 7) is 7.29. The first-order chi connectivity index (χ1) is 8.59. The molecule has 0 atom stereocenters. The number of hydrogen-bond acceptors (Lipinski definition) is 1. The molecule has 0 aliphatic rings. The molecule has 2 aromatic carbocycles. The summed E-state index contributed by atoms with van der Waals surface area (Å²) >= 11 is 3.63. The van der Waals surface area contributed by atoms with Gasteiger partial charge in [0, 0.05) is 16.7 Å². The van der Waals surface area contributed by atoms with Crippen molar-refractivity contribution in [3.8, 4) is 0 Å². The molecule has 94 valence electrons. The molecule has 0 spiro atoms. The molecule has 0 amide bonds. The topological polar surface area (TPSA) is 12.0 Å². The van der Waals surface area contributed by atoms with E-state index in [4.69, 9.17) is 0 Å². The summed E-state index contributed by atoms with van der Waals surface area (Å²) in [7, 11) is 0. The van der Waals surface area contributed by atoms with E-state index in [1.165, 1.54) is 22.3 Å². The molecule has 0 heterocycles. The van der Waals surface area contributed by atoms with Gasteiger partial charge in [0.15, 0.2) is 0 Å². The first-order valence-electron chi connectivity index (χ1n) is 6.13. The van der Waals surface area contributed by atoms with Crippen molar-refractivity contribution in [1.29, 1.82) is 0 Å². The molecule has 1 nitrogen and oxygen atoms in total. The third kappa shape index (κ3) is 2.75. The van der Waals surface area contributed by atoms with Crippen LogP contribution in [0.25, 0.3) is 0 Å². The number of halogens is 1. The van der Waals surface area contributed by atoms with Crippen LogP contribution in [0.3, 0.4) is 0 Å². The predicted molar refractivity (Wildman–Crippen MR) is 82.1 cm³/mol. The molecule has 0 aliphatic heterocycles. The van der Waals surface area contributed by atoms with Crippen LogP contribution in [0.5, 0.6) is 0 Å². The van der Waals surface area contributed by atoms with Crippen LogP contribution in [-0.4, -0.2) is 0 Å². The average Bonchev–Trinajstić information content (AvgIpc) is 2.33. The highest BCUT2D eigenvalue weighted by Crippen LogP contribution is 2.26. The normalized spacial score (nSPS) is 10.4. The lowest BCUT2D eigenvalue weighted by atomic mass is 10.0. The molecule has 0 aromatic heterocycles. The Morgan fingerprint density at radius 2 is 1.44 bits per heavy atom. The Balaban J connectivity index is 2.19. The van der Waals surface area contributed by atoms with E-state index in [9.17, 15) is 0 Å². The van der Waals surface area contributed by atoms with Gasteiger partial charge in [-0.05, 0) is 65.0 Å². The van der Waals surface area contributed by atoms with E-state index in [-0.39, 0.29) is 0 Å². The van der Waals surface area contributed by atoms with Crippen LogP contribution in [0.4, 0.5) is 5.69 Å². The van der Waals surface area contributed by atoms with Gasteiger partial charge >= 0.3 is 0 Å². The molecule has 0 saturated carbocycles. The average molecular weight is 304 g/mol. The molecular formula is C16H18BrN. The molecule has 0 bridgehead atoms. The van der Waals surface area contributed by atoms with Crippen LogP contribution in [-0.2, 0) is 6.54 Å². The second kappa shape index (κ2) is 5.57. The minimum atomic E-state index is 0.862. The van der Waals surface area contributed by atoms with E-state index < -0.39 is 0 Å². The van der Waals surface area contributed by atoms with E-state index in [0.717, 1.165) is 16.7 Å². The van der Waals surface area contributed by atoms with Gasteiger partial charge in [0.2, 0.25) is 0 Å². The summed E-state index contributed by atoms with van der Waals surface area (Å²) < 4.78 is 1.15.